The summed E-state index contributed by atoms with van der Waals surface area (Å²) in [5.74, 6) is -3.45. The van der Waals surface area contributed by atoms with Gasteiger partial charge in [-0.25, -0.2) is 13.8 Å². The summed E-state index contributed by atoms with van der Waals surface area (Å²) < 4.78 is 85.6. The maximum Gasteiger partial charge on any atom is 2.00 e. The molecule has 0 atom stereocenters. The largest absolute Gasteiger partial charge is 2.00 e. The second-order valence-corrected chi connectivity index (χ2v) is 11.5. The van der Waals surface area contributed by atoms with Crippen LogP contribution in [0.3, 0.4) is 0 Å². The molecule has 7 rings (SSSR count). The summed E-state index contributed by atoms with van der Waals surface area (Å²) in [5.41, 5.74) is 1.23. The maximum absolute atomic E-state index is 16.9. The average Bonchev–Trinajstić information content (AvgIpc) is 3.60. The van der Waals surface area contributed by atoms with Crippen LogP contribution in [0.5, 0.6) is 0 Å². The SMILES string of the molecule is [2H]C([2H])([2H])c1ccnc(-n2c3[c-]c(C(F)(F)c4[c-]c([N+]5=C=[N+](C([2H])([2H])[2H])c6ccccc65)cc(C(C)(C)C)c4)cnc3c3ccccc32)c1.[Pt+2]. The fourth-order valence-electron chi connectivity index (χ4n) is 5.35. The molecular weight excluding hydrogens is 736 g/mol. The molecule has 0 saturated heterocycles. The van der Waals surface area contributed by atoms with Gasteiger partial charge in [-0.05, 0) is 52.4 Å². The van der Waals surface area contributed by atoms with Crippen LogP contribution in [0.4, 0.5) is 25.8 Å². The second-order valence-electron chi connectivity index (χ2n) is 11.5. The van der Waals surface area contributed by atoms with Gasteiger partial charge in [0, 0.05) is 28.0 Å². The molecule has 0 fully saturated rings. The third kappa shape index (κ3) is 4.81. The number of hydrogen-bond donors (Lipinski definition) is 0. The molecule has 0 N–H and O–H groups in total. The van der Waals surface area contributed by atoms with E-state index in [1.54, 1.807) is 59.2 Å². The third-order valence-corrected chi connectivity index (χ3v) is 7.60. The summed E-state index contributed by atoms with van der Waals surface area (Å²) in [6, 6.07) is 28.5. The smallest absolute Gasteiger partial charge is 0.380 e. The predicted molar refractivity (Wildman–Crippen MR) is 166 cm³/mol. The molecule has 4 heterocycles. The first-order valence-electron chi connectivity index (χ1n) is 16.7. The number of aryl methyl sites for hydroxylation is 1. The van der Waals surface area contributed by atoms with Crippen LogP contribution in [0.2, 0.25) is 0 Å². The number of aromatic nitrogens is 3. The van der Waals surface area contributed by atoms with Crippen molar-refractivity contribution < 1.29 is 42.6 Å². The summed E-state index contributed by atoms with van der Waals surface area (Å²) in [5, 5.41) is 0.658. The Hall–Kier alpha value is -4.31. The van der Waals surface area contributed by atoms with Crippen LogP contribution in [0.15, 0.2) is 85.2 Å². The summed E-state index contributed by atoms with van der Waals surface area (Å²) in [4.78, 5) is 8.88. The Morgan fingerprint density at radius 1 is 0.909 bits per heavy atom. The molecule has 0 radical (unpaired) electrons. The van der Waals surface area contributed by atoms with Crippen molar-refractivity contribution in [2.75, 3.05) is 6.98 Å². The van der Waals surface area contributed by atoms with Gasteiger partial charge in [0.15, 0.2) is 6.98 Å². The van der Waals surface area contributed by atoms with Crippen molar-refractivity contribution >= 4 is 45.0 Å². The van der Waals surface area contributed by atoms with Gasteiger partial charge in [0.1, 0.15) is 15.6 Å². The topological polar surface area (TPSA) is 36.7 Å². The summed E-state index contributed by atoms with van der Waals surface area (Å²) in [7, 11) is 0. The Labute approximate surface area is 277 Å². The molecule has 0 aliphatic carbocycles. The summed E-state index contributed by atoms with van der Waals surface area (Å²) in [6.45, 7) is 0.713. The number of rotatable bonds is 4. The third-order valence-electron chi connectivity index (χ3n) is 7.60. The average molecular weight is 771 g/mol. The van der Waals surface area contributed by atoms with E-state index in [1.807, 2.05) is 20.8 Å². The number of para-hydroxylation sites is 3. The van der Waals surface area contributed by atoms with Crippen LogP contribution < -0.4 is 4.58 Å². The van der Waals surface area contributed by atoms with Crippen molar-refractivity contribution in [3.05, 3.63) is 120 Å². The van der Waals surface area contributed by atoms with Crippen LogP contribution >= 0.6 is 0 Å². The summed E-state index contributed by atoms with van der Waals surface area (Å²) >= 11 is 0. The van der Waals surface area contributed by atoms with Gasteiger partial charge in [-0.2, -0.15) is 6.07 Å². The Bertz CT molecular complexity index is 2390. The van der Waals surface area contributed by atoms with Gasteiger partial charge >= 0.3 is 27.1 Å². The zero-order valence-corrected chi connectivity index (χ0v) is 26.2. The van der Waals surface area contributed by atoms with Crippen LogP contribution in [-0.2, 0) is 32.4 Å². The minimum absolute atomic E-state index is 0. The number of alkyl halides is 2. The Morgan fingerprint density at radius 2 is 1.68 bits per heavy atom. The van der Waals surface area contributed by atoms with Crippen molar-refractivity contribution in [1.82, 2.24) is 19.1 Å². The molecule has 3 aromatic heterocycles. The van der Waals surface area contributed by atoms with Gasteiger partial charge in [-0.3, -0.25) is 0 Å². The van der Waals surface area contributed by atoms with Crippen molar-refractivity contribution in [2.24, 2.45) is 0 Å². The normalized spacial score (nSPS) is 15.7. The summed E-state index contributed by atoms with van der Waals surface area (Å²) in [6.07, 6.45) is 2.46. The van der Waals surface area contributed by atoms with E-state index in [0.29, 0.717) is 33.4 Å². The van der Waals surface area contributed by atoms with Crippen molar-refractivity contribution in [3.63, 3.8) is 0 Å². The number of halogens is 2. The molecule has 1 aliphatic heterocycles. The zero-order chi connectivity index (χ0) is 35.1. The van der Waals surface area contributed by atoms with E-state index in [9.17, 15) is 0 Å². The van der Waals surface area contributed by atoms with E-state index in [2.05, 4.69) is 28.1 Å². The molecule has 8 heteroatoms. The second kappa shape index (κ2) is 10.7. The number of hydrogen-bond acceptors (Lipinski definition) is 2. The van der Waals surface area contributed by atoms with Gasteiger partial charge in [-0.15, -0.1) is 11.6 Å². The van der Waals surface area contributed by atoms with Gasteiger partial charge in [0.25, 0.3) is 17.3 Å². The van der Waals surface area contributed by atoms with Gasteiger partial charge in [0.05, 0.1) is 0 Å². The van der Waals surface area contributed by atoms with Gasteiger partial charge < -0.3 is 9.55 Å². The monoisotopic (exact) mass is 770 g/mol. The van der Waals surface area contributed by atoms with Gasteiger partial charge in [-0.1, -0.05) is 89.7 Å². The molecule has 3 aromatic carbocycles. The van der Waals surface area contributed by atoms with Crippen molar-refractivity contribution in [1.29, 1.82) is 0 Å². The van der Waals surface area contributed by atoms with E-state index in [4.69, 9.17) is 8.22 Å². The molecule has 5 nitrogen and oxygen atoms in total. The van der Waals surface area contributed by atoms with E-state index < -0.39 is 36.3 Å². The van der Waals surface area contributed by atoms with Crippen LogP contribution in [0, 0.1) is 19.0 Å². The van der Waals surface area contributed by atoms with E-state index in [0.717, 1.165) is 10.8 Å². The zero-order valence-electron chi connectivity index (χ0n) is 29.9. The Kier molecular flexibility index (Phi) is 5.62. The van der Waals surface area contributed by atoms with E-state index >= 15 is 8.78 Å². The number of nitrogens with zero attached hydrogens (tertiary/aromatic N) is 5. The fraction of sp³-hybridized carbons (Fsp3) is 0.194. The minimum Gasteiger partial charge on any atom is -0.380 e. The quantitative estimate of drug-likeness (QED) is 0.134. The van der Waals surface area contributed by atoms with E-state index in [-0.39, 0.29) is 43.7 Å². The molecule has 0 saturated carbocycles. The van der Waals surface area contributed by atoms with Crippen LogP contribution in [0.1, 0.15) is 51.2 Å². The molecule has 0 bridgehead atoms. The molecule has 0 spiro atoms. The molecular formula is C36H29F2N5Pt+2. The first-order chi connectivity index (χ1) is 22.9. The van der Waals surface area contributed by atoms with Crippen molar-refractivity contribution in [3.8, 4) is 5.82 Å². The molecule has 0 amide bonds. The molecule has 220 valence electrons. The molecule has 1 aliphatic rings. The molecule has 44 heavy (non-hydrogen) atoms. The van der Waals surface area contributed by atoms with E-state index in [1.165, 1.54) is 29.0 Å². The molecule has 0 unspecified atom stereocenters. The molecule has 6 aromatic rings. The minimum atomic E-state index is -3.67. The Morgan fingerprint density at radius 3 is 2.45 bits per heavy atom. The number of pyridine rings is 2. The van der Waals surface area contributed by atoms with Crippen molar-refractivity contribution in [2.45, 2.75) is 39.0 Å². The number of fused-ring (bicyclic) bond motifs is 4. The first kappa shape index (κ1) is 23.1. The Balaban J connectivity index is 0.00000432. The fourth-order valence-corrected chi connectivity index (χ4v) is 5.35. The predicted octanol–water partition coefficient (Wildman–Crippen LogP) is 8.21. The number of benzene rings is 3. The van der Waals surface area contributed by atoms with Gasteiger partial charge in [0.2, 0.25) is 0 Å². The van der Waals surface area contributed by atoms with Crippen LogP contribution in [0.25, 0.3) is 27.8 Å². The standard InChI is InChI=1S/C36H29F2N5.Pt/c1-23-14-15-39-33(16-23)43-29-11-7-6-10-28(29)34-32(43)20-26(21-40-34)36(37,38)25-17-24(35(2,3)4)18-27(19-25)42-22-41(5)30-12-8-9-13-31(30)42;/h6-18,21H,1-5H3;/q;+2/i1D3,5D3;. The van der Waals surface area contributed by atoms with Crippen LogP contribution in [-0.4, -0.2) is 32.1 Å². The maximum atomic E-state index is 16.9. The first-order valence-corrected chi connectivity index (χ1v) is 13.7.